The molecule has 0 bridgehead atoms. The quantitative estimate of drug-likeness (QED) is 0.754. The summed E-state index contributed by atoms with van der Waals surface area (Å²) in [5.74, 6) is -0.0889. The number of thioether (sulfide) groups is 1. The lowest BCUT2D eigenvalue weighted by Gasteiger charge is -2.13. The maximum Gasteiger partial charge on any atom is 0.252 e. The molecule has 122 valence electrons. The first kappa shape index (κ1) is 17.6. The minimum atomic E-state index is -0.559. The van der Waals surface area contributed by atoms with Crippen LogP contribution in [0.1, 0.15) is 42.3 Å². The Hall–Kier alpha value is -1.78. The maximum absolute atomic E-state index is 12.4. The lowest BCUT2D eigenvalue weighted by Crippen LogP contribution is -2.26. The fourth-order valence-corrected chi connectivity index (χ4v) is 3.22. The minimum absolute atomic E-state index is 0.0889. The Labute approximate surface area is 142 Å². The van der Waals surface area contributed by atoms with Gasteiger partial charge in [-0.25, -0.2) is 0 Å². The summed E-state index contributed by atoms with van der Waals surface area (Å²) in [6, 6.07) is 17.1. The van der Waals surface area contributed by atoms with Gasteiger partial charge in [-0.3, -0.25) is 4.79 Å². The van der Waals surface area contributed by atoms with Crippen LogP contribution in [0, 0.1) is 0 Å². The van der Waals surface area contributed by atoms with Gasteiger partial charge in [0.05, 0.1) is 11.7 Å². The average Bonchev–Trinajstić information content (AvgIpc) is 2.55. The van der Waals surface area contributed by atoms with Crippen molar-refractivity contribution in [2.45, 2.75) is 36.5 Å². The zero-order valence-corrected chi connectivity index (χ0v) is 14.3. The van der Waals surface area contributed by atoms with Crippen LogP contribution in [0.25, 0.3) is 0 Å². The molecule has 1 amide bonds. The van der Waals surface area contributed by atoms with Crippen LogP contribution in [0.2, 0.25) is 0 Å². The highest BCUT2D eigenvalue weighted by atomic mass is 32.2. The Morgan fingerprint density at radius 3 is 2.43 bits per heavy atom. The predicted molar refractivity (Wildman–Crippen MR) is 95.8 cm³/mol. The molecular weight excluding hydrogens is 306 g/mol. The van der Waals surface area contributed by atoms with Crippen molar-refractivity contribution in [3.8, 4) is 0 Å². The largest absolute Gasteiger partial charge is 0.388 e. The Kier molecular flexibility index (Phi) is 6.68. The normalized spacial score (nSPS) is 12.2. The van der Waals surface area contributed by atoms with Crippen LogP contribution in [0.4, 0.5) is 0 Å². The van der Waals surface area contributed by atoms with Crippen molar-refractivity contribution in [2.75, 3.05) is 6.54 Å². The summed E-state index contributed by atoms with van der Waals surface area (Å²) in [5.41, 5.74) is 1.57. The van der Waals surface area contributed by atoms with Crippen molar-refractivity contribution in [3.05, 3.63) is 65.7 Å². The summed E-state index contributed by atoms with van der Waals surface area (Å²) >= 11 is 1.68. The number of hydrogen-bond donors (Lipinski definition) is 2. The smallest absolute Gasteiger partial charge is 0.252 e. The van der Waals surface area contributed by atoms with E-state index < -0.39 is 6.10 Å². The fraction of sp³-hybridized carbons (Fsp3) is 0.316. The summed E-state index contributed by atoms with van der Waals surface area (Å²) in [5, 5.41) is 13.4. The minimum Gasteiger partial charge on any atom is -0.388 e. The van der Waals surface area contributed by atoms with E-state index in [2.05, 4.69) is 19.2 Å². The highest BCUT2D eigenvalue weighted by Gasteiger charge is 2.13. The van der Waals surface area contributed by atoms with Gasteiger partial charge in [0.25, 0.3) is 5.91 Å². The molecule has 2 rings (SSSR count). The lowest BCUT2D eigenvalue weighted by molar-refractivity contribution is 0.0939. The van der Waals surface area contributed by atoms with E-state index in [-0.39, 0.29) is 5.91 Å². The van der Waals surface area contributed by atoms with E-state index in [1.54, 1.807) is 11.8 Å². The molecule has 0 aliphatic carbocycles. The molecule has 1 atom stereocenters. The molecule has 0 aromatic heterocycles. The zero-order chi connectivity index (χ0) is 16.7. The number of rotatable bonds is 7. The van der Waals surface area contributed by atoms with Gasteiger partial charge in [0, 0.05) is 16.7 Å². The SMILES string of the molecule is CC(C)Sc1ccccc1C(=O)NCCC(O)c1ccccc1. The van der Waals surface area contributed by atoms with E-state index >= 15 is 0 Å². The van der Waals surface area contributed by atoms with E-state index in [4.69, 9.17) is 0 Å². The van der Waals surface area contributed by atoms with E-state index in [1.807, 2.05) is 54.6 Å². The highest BCUT2D eigenvalue weighted by molar-refractivity contribution is 8.00. The molecule has 1 unspecified atom stereocenters. The number of nitrogens with one attached hydrogen (secondary N) is 1. The van der Waals surface area contributed by atoms with Crippen LogP contribution >= 0.6 is 11.8 Å². The molecule has 0 saturated heterocycles. The molecule has 0 radical (unpaired) electrons. The van der Waals surface area contributed by atoms with Crippen LogP contribution in [0.15, 0.2) is 59.5 Å². The monoisotopic (exact) mass is 329 g/mol. The molecule has 23 heavy (non-hydrogen) atoms. The van der Waals surface area contributed by atoms with Gasteiger partial charge in [-0.2, -0.15) is 0 Å². The van der Waals surface area contributed by atoms with Gasteiger partial charge < -0.3 is 10.4 Å². The topological polar surface area (TPSA) is 49.3 Å². The number of carbonyl (C=O) groups excluding carboxylic acids is 1. The van der Waals surface area contributed by atoms with Gasteiger partial charge in [0.1, 0.15) is 0 Å². The summed E-state index contributed by atoms with van der Waals surface area (Å²) in [6.45, 7) is 4.65. The number of benzene rings is 2. The molecule has 4 heteroatoms. The molecule has 2 aromatic carbocycles. The number of aliphatic hydroxyl groups is 1. The van der Waals surface area contributed by atoms with E-state index in [1.165, 1.54) is 0 Å². The zero-order valence-electron chi connectivity index (χ0n) is 13.5. The third-order valence-electron chi connectivity index (χ3n) is 3.38. The Morgan fingerprint density at radius 1 is 1.09 bits per heavy atom. The van der Waals surface area contributed by atoms with Gasteiger partial charge >= 0.3 is 0 Å². The maximum atomic E-state index is 12.4. The third-order valence-corrected chi connectivity index (χ3v) is 4.46. The number of aliphatic hydroxyl groups excluding tert-OH is 1. The van der Waals surface area contributed by atoms with Crippen molar-refractivity contribution in [3.63, 3.8) is 0 Å². The molecule has 3 nitrogen and oxygen atoms in total. The van der Waals surface area contributed by atoms with Crippen LogP contribution < -0.4 is 5.32 Å². The average molecular weight is 329 g/mol. The van der Waals surface area contributed by atoms with E-state index in [0.717, 1.165) is 10.5 Å². The summed E-state index contributed by atoms with van der Waals surface area (Å²) in [6.07, 6.45) is -0.0633. The van der Waals surface area contributed by atoms with Crippen molar-refractivity contribution in [1.29, 1.82) is 0 Å². The van der Waals surface area contributed by atoms with Gasteiger partial charge in [-0.05, 0) is 24.1 Å². The molecule has 0 fully saturated rings. The van der Waals surface area contributed by atoms with Crippen LogP contribution in [0.5, 0.6) is 0 Å². The van der Waals surface area contributed by atoms with Crippen molar-refractivity contribution in [2.24, 2.45) is 0 Å². The molecular formula is C19H23NO2S. The molecule has 0 saturated carbocycles. The molecule has 2 aromatic rings. The molecule has 0 aliphatic heterocycles. The van der Waals surface area contributed by atoms with Gasteiger partial charge in [0.15, 0.2) is 0 Å². The summed E-state index contributed by atoms with van der Waals surface area (Å²) in [4.78, 5) is 13.3. The van der Waals surface area contributed by atoms with Gasteiger partial charge in [-0.1, -0.05) is 56.3 Å². The second kappa shape index (κ2) is 8.75. The number of amides is 1. The fourth-order valence-electron chi connectivity index (χ4n) is 2.27. The number of carbonyl (C=O) groups is 1. The van der Waals surface area contributed by atoms with E-state index in [0.29, 0.717) is 23.8 Å². The van der Waals surface area contributed by atoms with Crippen LogP contribution in [0.3, 0.4) is 0 Å². The van der Waals surface area contributed by atoms with Crippen LogP contribution in [-0.2, 0) is 0 Å². The van der Waals surface area contributed by atoms with Crippen LogP contribution in [-0.4, -0.2) is 22.8 Å². The predicted octanol–water partition coefficient (Wildman–Crippen LogP) is 4.04. The van der Waals surface area contributed by atoms with Gasteiger partial charge in [0.2, 0.25) is 0 Å². The highest BCUT2D eigenvalue weighted by Crippen LogP contribution is 2.26. The molecule has 2 N–H and O–H groups in total. The first-order valence-corrected chi connectivity index (χ1v) is 8.73. The second-order valence-electron chi connectivity index (χ2n) is 5.63. The Morgan fingerprint density at radius 2 is 1.74 bits per heavy atom. The third kappa shape index (κ3) is 5.41. The number of hydrogen-bond acceptors (Lipinski definition) is 3. The summed E-state index contributed by atoms with van der Waals surface area (Å²) in [7, 11) is 0. The summed E-state index contributed by atoms with van der Waals surface area (Å²) < 4.78 is 0. The molecule has 0 aliphatic rings. The Balaban J connectivity index is 1.90. The standard InChI is InChI=1S/C19H23NO2S/c1-14(2)23-18-11-7-6-10-16(18)19(22)20-13-12-17(21)15-8-4-3-5-9-15/h3-11,14,17,21H,12-13H2,1-2H3,(H,20,22). The van der Waals surface area contributed by atoms with E-state index in [9.17, 15) is 9.90 Å². The first-order valence-electron chi connectivity index (χ1n) is 7.85. The molecule has 0 heterocycles. The van der Waals surface area contributed by atoms with Crippen molar-refractivity contribution in [1.82, 2.24) is 5.32 Å². The van der Waals surface area contributed by atoms with Crippen molar-refractivity contribution >= 4 is 17.7 Å². The first-order chi connectivity index (χ1) is 11.1. The lowest BCUT2D eigenvalue weighted by atomic mass is 10.1. The van der Waals surface area contributed by atoms with Crippen molar-refractivity contribution < 1.29 is 9.90 Å². The second-order valence-corrected chi connectivity index (χ2v) is 7.25. The molecule has 0 spiro atoms. The Bertz CT molecular complexity index is 628. The van der Waals surface area contributed by atoms with Gasteiger partial charge in [-0.15, -0.1) is 11.8 Å².